The van der Waals surface area contributed by atoms with Crippen LogP contribution in [0.2, 0.25) is 0 Å². The molecule has 0 amide bonds. The molecule has 21 heavy (non-hydrogen) atoms. The van der Waals surface area contributed by atoms with Gasteiger partial charge in [-0.05, 0) is 43.1 Å². The Hall–Kier alpha value is -2.29. The van der Waals surface area contributed by atoms with Crippen LogP contribution in [0.3, 0.4) is 0 Å². The number of benzene rings is 1. The fraction of sp³-hybridized carbons (Fsp3) is 0.278. The average molecular weight is 281 g/mol. The van der Waals surface area contributed by atoms with Crippen LogP contribution in [-0.2, 0) is 4.79 Å². The van der Waals surface area contributed by atoms with Crippen molar-refractivity contribution in [1.82, 2.24) is 0 Å². The van der Waals surface area contributed by atoms with Crippen molar-refractivity contribution in [2.45, 2.75) is 26.2 Å². The van der Waals surface area contributed by atoms with Crippen molar-refractivity contribution in [2.24, 2.45) is 0 Å². The number of rotatable bonds is 3. The summed E-state index contributed by atoms with van der Waals surface area (Å²) < 4.78 is 0. The summed E-state index contributed by atoms with van der Waals surface area (Å²) in [4.78, 5) is 13.0. The smallest absolute Gasteiger partial charge is 0.303 e. The molecule has 1 aromatic rings. The molecular formula is C18H19NO2. The predicted molar refractivity (Wildman–Crippen MR) is 85.1 cm³/mol. The minimum atomic E-state index is -0.734. The summed E-state index contributed by atoms with van der Waals surface area (Å²) in [6.45, 7) is 2.16. The third-order valence-electron chi connectivity index (χ3n) is 4.33. The Labute approximate surface area is 124 Å². The number of carboxylic acids is 1. The van der Waals surface area contributed by atoms with Gasteiger partial charge in [0.15, 0.2) is 0 Å². The average Bonchev–Trinajstić information content (AvgIpc) is 2.50. The monoisotopic (exact) mass is 281 g/mol. The van der Waals surface area contributed by atoms with E-state index < -0.39 is 5.97 Å². The van der Waals surface area contributed by atoms with Gasteiger partial charge in [0.1, 0.15) is 0 Å². The number of hydrogen-bond acceptors (Lipinski definition) is 2. The fourth-order valence-corrected chi connectivity index (χ4v) is 3.13. The summed E-state index contributed by atoms with van der Waals surface area (Å²) in [5, 5.41) is 8.84. The summed E-state index contributed by atoms with van der Waals surface area (Å²) in [6, 6.07) is 8.42. The zero-order chi connectivity index (χ0) is 15.0. The van der Waals surface area contributed by atoms with Gasteiger partial charge in [-0.25, -0.2) is 0 Å². The second kappa shape index (κ2) is 5.24. The van der Waals surface area contributed by atoms with Crippen LogP contribution < -0.4 is 4.90 Å². The molecule has 0 radical (unpaired) electrons. The van der Waals surface area contributed by atoms with Gasteiger partial charge in [-0.1, -0.05) is 29.8 Å². The highest BCUT2D eigenvalue weighted by Gasteiger charge is 2.26. The number of anilines is 1. The second-order valence-electron chi connectivity index (χ2n) is 5.63. The van der Waals surface area contributed by atoms with E-state index in [0.717, 1.165) is 6.42 Å². The number of nitrogens with zero attached hydrogens (tertiary/aromatic N) is 1. The van der Waals surface area contributed by atoms with E-state index in [0.29, 0.717) is 6.42 Å². The first-order chi connectivity index (χ1) is 10.1. The van der Waals surface area contributed by atoms with Gasteiger partial charge < -0.3 is 10.0 Å². The van der Waals surface area contributed by atoms with Crippen molar-refractivity contribution in [2.75, 3.05) is 11.9 Å². The molecule has 1 heterocycles. The normalized spacial score (nSPS) is 17.0. The molecule has 0 bridgehead atoms. The van der Waals surface area contributed by atoms with E-state index in [-0.39, 0.29) is 6.42 Å². The van der Waals surface area contributed by atoms with Crippen molar-refractivity contribution in [3.63, 3.8) is 0 Å². The van der Waals surface area contributed by atoms with Gasteiger partial charge >= 0.3 is 5.97 Å². The zero-order valence-corrected chi connectivity index (χ0v) is 12.4. The van der Waals surface area contributed by atoms with Gasteiger partial charge in [0.25, 0.3) is 0 Å². The lowest BCUT2D eigenvalue weighted by Gasteiger charge is -2.35. The van der Waals surface area contributed by atoms with Gasteiger partial charge in [-0.2, -0.15) is 0 Å². The van der Waals surface area contributed by atoms with Crippen LogP contribution in [0.5, 0.6) is 0 Å². The number of para-hydroxylation sites is 1. The van der Waals surface area contributed by atoms with Crippen molar-refractivity contribution in [1.29, 1.82) is 0 Å². The molecule has 1 aromatic carbocycles. The Bertz CT molecular complexity index is 695. The van der Waals surface area contributed by atoms with Crippen molar-refractivity contribution < 1.29 is 9.90 Å². The molecule has 1 aliphatic heterocycles. The van der Waals surface area contributed by atoms with E-state index in [2.05, 4.69) is 55.3 Å². The number of hydrogen-bond donors (Lipinski definition) is 1. The maximum Gasteiger partial charge on any atom is 0.303 e. The van der Waals surface area contributed by atoms with Gasteiger partial charge in [0, 0.05) is 30.4 Å². The molecule has 3 nitrogen and oxygen atoms in total. The van der Waals surface area contributed by atoms with E-state index in [4.69, 9.17) is 5.11 Å². The minimum absolute atomic E-state index is 0.202. The van der Waals surface area contributed by atoms with Gasteiger partial charge in [-0.3, -0.25) is 4.79 Å². The Morgan fingerprint density at radius 1 is 1.29 bits per heavy atom. The zero-order valence-electron chi connectivity index (χ0n) is 12.4. The van der Waals surface area contributed by atoms with Gasteiger partial charge in [0.2, 0.25) is 0 Å². The largest absolute Gasteiger partial charge is 0.481 e. The first-order valence-electron chi connectivity index (χ1n) is 7.22. The van der Waals surface area contributed by atoms with Crippen molar-refractivity contribution in [3.05, 3.63) is 58.8 Å². The Morgan fingerprint density at radius 3 is 2.81 bits per heavy atom. The van der Waals surface area contributed by atoms with E-state index >= 15 is 0 Å². The fourth-order valence-electron chi connectivity index (χ4n) is 3.13. The molecule has 0 saturated carbocycles. The lowest BCUT2D eigenvalue weighted by atomic mass is 9.85. The summed E-state index contributed by atoms with van der Waals surface area (Å²) in [7, 11) is 2.09. The number of carbonyl (C=O) groups is 1. The summed E-state index contributed by atoms with van der Waals surface area (Å²) in [6.07, 6.45) is 5.88. The first-order valence-corrected chi connectivity index (χ1v) is 7.22. The summed E-state index contributed by atoms with van der Waals surface area (Å²) in [5.74, 6) is -0.734. The first kappa shape index (κ1) is 13.7. The van der Waals surface area contributed by atoms with E-state index in [1.807, 2.05) is 0 Å². The SMILES string of the molecule is CC1=C2CC(CCC(=O)O)=CC=C2N(C)c2ccccc21. The minimum Gasteiger partial charge on any atom is -0.481 e. The highest BCUT2D eigenvalue weighted by Crippen LogP contribution is 2.43. The Balaban J connectivity index is 1.98. The number of allylic oxidation sites excluding steroid dienone is 5. The number of likely N-dealkylation sites (N-methyl/N-ethyl adjacent to an activating group) is 1. The molecule has 0 aromatic heterocycles. The maximum absolute atomic E-state index is 10.7. The second-order valence-corrected chi connectivity index (χ2v) is 5.63. The van der Waals surface area contributed by atoms with Crippen LogP contribution in [0.25, 0.3) is 5.57 Å². The van der Waals surface area contributed by atoms with Gasteiger partial charge in [-0.15, -0.1) is 0 Å². The van der Waals surface area contributed by atoms with Crippen LogP contribution >= 0.6 is 0 Å². The molecule has 1 N–H and O–H groups in total. The van der Waals surface area contributed by atoms with Crippen LogP contribution in [-0.4, -0.2) is 18.1 Å². The molecule has 3 rings (SSSR count). The standard InChI is InChI=1S/C18H19NO2/c1-12-14-5-3-4-6-16(14)19(2)17-9-7-13(11-15(12)17)8-10-18(20)21/h3-7,9H,8,10-11H2,1-2H3,(H,20,21). The maximum atomic E-state index is 10.7. The molecule has 1 aliphatic carbocycles. The quantitative estimate of drug-likeness (QED) is 0.910. The molecule has 0 fully saturated rings. The van der Waals surface area contributed by atoms with Crippen molar-refractivity contribution in [3.8, 4) is 0 Å². The molecule has 2 aliphatic rings. The van der Waals surface area contributed by atoms with E-state index in [1.165, 1.54) is 33.7 Å². The van der Waals surface area contributed by atoms with Crippen LogP contribution in [0, 0.1) is 0 Å². The lowest BCUT2D eigenvalue weighted by molar-refractivity contribution is -0.136. The highest BCUT2D eigenvalue weighted by molar-refractivity contribution is 5.87. The molecule has 0 spiro atoms. The Kier molecular flexibility index (Phi) is 3.42. The summed E-state index contributed by atoms with van der Waals surface area (Å²) >= 11 is 0. The number of fused-ring (bicyclic) bond motifs is 2. The molecule has 0 unspecified atom stereocenters. The number of carboxylic acid groups (broad SMARTS) is 1. The molecule has 0 saturated heterocycles. The molecular weight excluding hydrogens is 262 g/mol. The van der Waals surface area contributed by atoms with Crippen LogP contribution in [0.15, 0.2) is 53.3 Å². The highest BCUT2D eigenvalue weighted by atomic mass is 16.4. The Morgan fingerprint density at radius 2 is 2.05 bits per heavy atom. The van der Waals surface area contributed by atoms with Crippen LogP contribution in [0.4, 0.5) is 5.69 Å². The summed E-state index contributed by atoms with van der Waals surface area (Å²) in [5.41, 5.74) is 7.54. The predicted octanol–water partition coefficient (Wildman–Crippen LogP) is 3.99. The number of aliphatic carboxylic acids is 1. The third-order valence-corrected chi connectivity index (χ3v) is 4.33. The van der Waals surface area contributed by atoms with Crippen molar-refractivity contribution >= 4 is 17.2 Å². The van der Waals surface area contributed by atoms with E-state index in [1.54, 1.807) is 0 Å². The van der Waals surface area contributed by atoms with E-state index in [9.17, 15) is 4.79 Å². The topological polar surface area (TPSA) is 40.5 Å². The third kappa shape index (κ3) is 2.40. The van der Waals surface area contributed by atoms with Gasteiger partial charge in [0.05, 0.1) is 0 Å². The molecule has 0 atom stereocenters. The van der Waals surface area contributed by atoms with Crippen LogP contribution in [0.1, 0.15) is 31.7 Å². The molecule has 3 heteroatoms. The lowest BCUT2D eigenvalue weighted by Crippen LogP contribution is -2.24. The molecule has 108 valence electrons.